The average molecular weight is 508 g/mol. The molecular formula is C28H45NO5S. The number of thioether (sulfide) groups is 1. The van der Waals surface area contributed by atoms with Crippen molar-refractivity contribution in [2.75, 3.05) is 5.75 Å². The Balaban J connectivity index is 1.62. The van der Waals surface area contributed by atoms with Crippen molar-refractivity contribution in [3.8, 4) is 0 Å². The summed E-state index contributed by atoms with van der Waals surface area (Å²) in [7, 11) is 0. The predicted octanol–water partition coefficient (Wildman–Crippen LogP) is 3.87. The van der Waals surface area contributed by atoms with E-state index in [4.69, 9.17) is 10.5 Å². The molecule has 198 valence electrons. The summed E-state index contributed by atoms with van der Waals surface area (Å²) in [5.41, 5.74) is 4.57. The minimum atomic E-state index is -0.663. The van der Waals surface area contributed by atoms with Crippen LogP contribution in [0.15, 0.2) is 12.7 Å². The van der Waals surface area contributed by atoms with E-state index in [-0.39, 0.29) is 52.0 Å². The third-order valence-corrected chi connectivity index (χ3v) is 12.2. The molecule has 0 spiro atoms. The van der Waals surface area contributed by atoms with Crippen LogP contribution >= 0.6 is 11.8 Å². The van der Waals surface area contributed by atoms with Crippen molar-refractivity contribution in [1.29, 1.82) is 0 Å². The van der Waals surface area contributed by atoms with Gasteiger partial charge in [0, 0.05) is 34.5 Å². The molecule has 0 amide bonds. The van der Waals surface area contributed by atoms with Gasteiger partial charge in [-0.2, -0.15) is 0 Å². The fraction of sp³-hybridized carbons (Fsp3) is 0.857. The maximum Gasteiger partial charge on any atom is 0.316 e. The molecule has 0 aromatic rings. The molecule has 0 radical (unpaired) electrons. The minimum absolute atomic E-state index is 0.0194. The number of aliphatic hydroxyl groups excluding tert-OH is 2. The van der Waals surface area contributed by atoms with Gasteiger partial charge in [-0.05, 0) is 62.2 Å². The number of ketones is 1. The maximum absolute atomic E-state index is 13.5. The van der Waals surface area contributed by atoms with E-state index in [1.54, 1.807) is 0 Å². The molecule has 4 N–H and O–H groups in total. The van der Waals surface area contributed by atoms with Crippen LogP contribution < -0.4 is 5.73 Å². The number of carbonyl (C=O) groups excluding carboxylic acids is 2. The lowest BCUT2D eigenvalue weighted by Gasteiger charge is -2.61. The molecule has 2 bridgehead atoms. The summed E-state index contributed by atoms with van der Waals surface area (Å²) in [6.45, 7) is 12.5. The molecule has 7 heteroatoms. The summed E-state index contributed by atoms with van der Waals surface area (Å²) in [6, 6.07) is 0.0195. The predicted molar refractivity (Wildman–Crippen MR) is 139 cm³/mol. The highest BCUT2D eigenvalue weighted by Gasteiger charge is 2.68. The van der Waals surface area contributed by atoms with Crippen LogP contribution in [0.1, 0.15) is 79.1 Å². The first-order chi connectivity index (χ1) is 16.4. The van der Waals surface area contributed by atoms with Crippen molar-refractivity contribution in [3.05, 3.63) is 12.7 Å². The fourth-order valence-corrected chi connectivity index (χ4v) is 9.27. The number of hydrogen-bond donors (Lipinski definition) is 3. The summed E-state index contributed by atoms with van der Waals surface area (Å²) < 4.78 is 6.29. The van der Waals surface area contributed by atoms with Crippen molar-refractivity contribution in [1.82, 2.24) is 0 Å². The van der Waals surface area contributed by atoms with Crippen LogP contribution in [0.2, 0.25) is 0 Å². The number of esters is 1. The van der Waals surface area contributed by atoms with Gasteiger partial charge in [-0.3, -0.25) is 9.59 Å². The normalized spacial score (nSPS) is 50.1. The molecule has 0 aliphatic heterocycles. The van der Waals surface area contributed by atoms with E-state index in [9.17, 15) is 19.8 Å². The van der Waals surface area contributed by atoms with E-state index in [1.165, 1.54) is 11.8 Å². The molecule has 0 aromatic carbocycles. The van der Waals surface area contributed by atoms with Crippen LogP contribution in [0.3, 0.4) is 0 Å². The second-order valence-electron chi connectivity index (χ2n) is 12.6. The van der Waals surface area contributed by atoms with Crippen LogP contribution in [0, 0.1) is 34.0 Å². The number of Topliss-reactive ketones (excluding diaryl/α,β-unsaturated/α-hetero) is 1. The molecule has 4 aliphatic rings. The lowest BCUT2D eigenvalue weighted by atomic mass is 9.44. The standard InChI is InChI=1S/C28H45NO5S/c1-6-26(4)14-22(34-23(32)15-35-21-8-7-18(29)13-20(21)31)27(5)16(2)9-11-28(17(3)25(26)33)12-10-19(30)24(27)28/h6,16-18,20-22,24-25,31,33H,1,7-15,29H2,2-5H3/t16-,17+,18-,20+,21+,22-,24+,25+,26-,27+,28+/m1/s1. The van der Waals surface area contributed by atoms with Gasteiger partial charge < -0.3 is 20.7 Å². The number of nitrogens with two attached hydrogens (primary N) is 1. The zero-order chi connectivity index (χ0) is 25.8. The molecule has 0 unspecified atom stereocenters. The molecule has 4 rings (SSSR count). The van der Waals surface area contributed by atoms with Crippen molar-refractivity contribution in [3.63, 3.8) is 0 Å². The Morgan fingerprint density at radius 2 is 1.94 bits per heavy atom. The van der Waals surface area contributed by atoms with Gasteiger partial charge in [-0.15, -0.1) is 18.3 Å². The summed E-state index contributed by atoms with van der Waals surface area (Å²) in [5, 5.41) is 22.0. The van der Waals surface area contributed by atoms with Crippen LogP contribution in [-0.4, -0.2) is 57.3 Å². The quantitative estimate of drug-likeness (QED) is 0.383. The highest BCUT2D eigenvalue weighted by atomic mass is 32.2. The molecular weight excluding hydrogens is 462 g/mol. The first-order valence-corrected chi connectivity index (χ1v) is 14.5. The van der Waals surface area contributed by atoms with E-state index >= 15 is 0 Å². The third-order valence-electron chi connectivity index (χ3n) is 10.8. The molecule has 4 fully saturated rings. The SMILES string of the molecule is C=C[C@]1(C)C[C@@H](OC(=O)CS[C@H]2CC[C@@H](N)C[C@@H]2O)[C@]2(C)[C@H](C)CC[C@]3(CCC(=O)[C@H]32)[C@@H](C)[C@@H]1O. The maximum atomic E-state index is 13.5. The van der Waals surface area contributed by atoms with Gasteiger partial charge in [-0.25, -0.2) is 0 Å². The number of aliphatic hydroxyl groups is 2. The molecule has 35 heavy (non-hydrogen) atoms. The van der Waals surface area contributed by atoms with Gasteiger partial charge in [0.25, 0.3) is 0 Å². The Bertz CT molecular complexity index is 851. The van der Waals surface area contributed by atoms with Crippen LogP contribution in [0.4, 0.5) is 0 Å². The first kappa shape index (κ1) is 27.2. The molecule has 0 heterocycles. The van der Waals surface area contributed by atoms with Crippen molar-refractivity contribution in [2.24, 2.45) is 39.7 Å². The van der Waals surface area contributed by atoms with Crippen LogP contribution in [0.25, 0.3) is 0 Å². The monoisotopic (exact) mass is 507 g/mol. The van der Waals surface area contributed by atoms with Gasteiger partial charge in [0.05, 0.1) is 18.0 Å². The summed E-state index contributed by atoms with van der Waals surface area (Å²) in [4.78, 5) is 26.7. The van der Waals surface area contributed by atoms with Crippen LogP contribution in [0.5, 0.6) is 0 Å². The zero-order valence-electron chi connectivity index (χ0n) is 21.9. The molecule has 6 nitrogen and oxygen atoms in total. The van der Waals surface area contributed by atoms with Gasteiger partial charge in [-0.1, -0.05) is 33.8 Å². The molecule has 11 atom stereocenters. The average Bonchev–Trinajstić information content (AvgIpc) is 3.17. The largest absolute Gasteiger partial charge is 0.461 e. The first-order valence-electron chi connectivity index (χ1n) is 13.5. The Kier molecular flexibility index (Phi) is 7.58. The number of hydrogen-bond acceptors (Lipinski definition) is 7. The van der Waals surface area contributed by atoms with Crippen molar-refractivity contribution in [2.45, 2.75) is 109 Å². The van der Waals surface area contributed by atoms with Gasteiger partial charge in [0.2, 0.25) is 0 Å². The molecule has 0 aromatic heterocycles. The summed E-state index contributed by atoms with van der Waals surface area (Å²) in [5.74, 6) is 0.0613. The van der Waals surface area contributed by atoms with Crippen molar-refractivity contribution < 1.29 is 24.5 Å². The Labute approximate surface area is 214 Å². The van der Waals surface area contributed by atoms with E-state index in [2.05, 4.69) is 27.4 Å². The third kappa shape index (κ3) is 4.42. The number of carbonyl (C=O) groups is 2. The number of ether oxygens (including phenoxy) is 1. The number of rotatable bonds is 5. The highest BCUT2D eigenvalue weighted by molar-refractivity contribution is 8.00. The second-order valence-corrected chi connectivity index (χ2v) is 13.8. The van der Waals surface area contributed by atoms with Crippen LogP contribution in [-0.2, 0) is 14.3 Å². The Hall–Kier alpha value is -0.890. The van der Waals surface area contributed by atoms with E-state index in [0.717, 1.165) is 32.1 Å². The summed E-state index contributed by atoms with van der Waals surface area (Å²) in [6.07, 6.45) is 6.01. The molecule has 0 saturated heterocycles. The fourth-order valence-electron chi connectivity index (χ4n) is 8.21. The van der Waals surface area contributed by atoms with Gasteiger partial charge >= 0.3 is 5.97 Å². The van der Waals surface area contributed by atoms with Crippen molar-refractivity contribution >= 4 is 23.5 Å². The second kappa shape index (κ2) is 9.77. The van der Waals surface area contributed by atoms with E-state index in [1.807, 2.05) is 13.0 Å². The van der Waals surface area contributed by atoms with Gasteiger partial charge in [0.15, 0.2) is 0 Å². The Morgan fingerprint density at radius 1 is 1.23 bits per heavy atom. The lowest BCUT2D eigenvalue weighted by molar-refractivity contribution is -0.205. The summed E-state index contributed by atoms with van der Waals surface area (Å²) >= 11 is 1.45. The topological polar surface area (TPSA) is 110 Å². The lowest BCUT2D eigenvalue weighted by Crippen LogP contribution is -2.63. The molecule has 4 aliphatic carbocycles. The highest BCUT2D eigenvalue weighted by Crippen LogP contribution is 2.68. The van der Waals surface area contributed by atoms with E-state index < -0.39 is 29.1 Å². The zero-order valence-corrected chi connectivity index (χ0v) is 22.7. The minimum Gasteiger partial charge on any atom is -0.461 e. The molecule has 4 saturated carbocycles. The smallest absolute Gasteiger partial charge is 0.316 e. The van der Waals surface area contributed by atoms with E-state index in [0.29, 0.717) is 19.3 Å². The van der Waals surface area contributed by atoms with Gasteiger partial charge in [0.1, 0.15) is 11.9 Å². The Morgan fingerprint density at radius 3 is 2.60 bits per heavy atom.